The molecule has 1 saturated carbocycles. The third-order valence-corrected chi connectivity index (χ3v) is 3.56. The lowest BCUT2D eigenvalue weighted by atomic mass is 9.88. The van der Waals surface area contributed by atoms with Crippen LogP contribution in [0.25, 0.3) is 0 Å². The lowest BCUT2D eigenvalue weighted by Crippen LogP contribution is -2.40. The maximum Gasteiger partial charge on any atom is 0.236 e. The first kappa shape index (κ1) is 10.9. The van der Waals surface area contributed by atoms with Gasteiger partial charge in [-0.2, -0.15) is 0 Å². The molecule has 0 spiro atoms. The minimum atomic E-state index is -0.182. The molecule has 3 atom stereocenters. The molecule has 2 fully saturated rings. The molecule has 1 heterocycles. The summed E-state index contributed by atoms with van der Waals surface area (Å²) < 4.78 is 0. The van der Waals surface area contributed by atoms with E-state index in [1.54, 1.807) is 0 Å². The minimum Gasteiger partial charge on any atom is -0.393 e. The molecule has 1 aliphatic carbocycles. The van der Waals surface area contributed by atoms with Crippen molar-refractivity contribution >= 4 is 5.91 Å². The SMILES string of the molecule is CN(C)CC(=O)N1CC2CC1CCC2O. The summed E-state index contributed by atoms with van der Waals surface area (Å²) in [6.07, 6.45) is 2.65. The zero-order chi connectivity index (χ0) is 11.0. The van der Waals surface area contributed by atoms with Gasteiger partial charge < -0.3 is 14.9 Å². The lowest BCUT2D eigenvalue weighted by Gasteiger charge is -2.26. The molecule has 4 nitrogen and oxygen atoms in total. The van der Waals surface area contributed by atoms with Gasteiger partial charge in [0, 0.05) is 18.5 Å². The molecule has 1 amide bonds. The molecule has 0 aromatic carbocycles. The number of likely N-dealkylation sites (tertiary alicyclic amines) is 1. The number of nitrogens with zero attached hydrogens (tertiary/aromatic N) is 2. The van der Waals surface area contributed by atoms with Crippen LogP contribution in [0.4, 0.5) is 0 Å². The van der Waals surface area contributed by atoms with Crippen LogP contribution in [0.15, 0.2) is 0 Å². The number of carbonyl (C=O) groups excluding carboxylic acids is 1. The highest BCUT2D eigenvalue weighted by Gasteiger charge is 2.41. The van der Waals surface area contributed by atoms with Gasteiger partial charge >= 0.3 is 0 Å². The zero-order valence-corrected chi connectivity index (χ0v) is 9.52. The minimum absolute atomic E-state index is 0.182. The van der Waals surface area contributed by atoms with Crippen molar-refractivity contribution in [2.75, 3.05) is 27.2 Å². The van der Waals surface area contributed by atoms with Crippen LogP contribution in [0, 0.1) is 5.92 Å². The van der Waals surface area contributed by atoms with E-state index in [0.29, 0.717) is 18.5 Å². The van der Waals surface area contributed by atoms with Gasteiger partial charge in [-0.25, -0.2) is 0 Å². The van der Waals surface area contributed by atoms with Crippen LogP contribution in [-0.2, 0) is 4.79 Å². The summed E-state index contributed by atoms with van der Waals surface area (Å²) in [7, 11) is 3.82. The number of hydrogen-bond donors (Lipinski definition) is 1. The van der Waals surface area contributed by atoms with Gasteiger partial charge in [0.1, 0.15) is 0 Å². The highest BCUT2D eigenvalue weighted by molar-refractivity contribution is 5.79. The van der Waals surface area contributed by atoms with Crippen molar-refractivity contribution in [2.24, 2.45) is 5.92 Å². The first-order valence-electron chi connectivity index (χ1n) is 5.70. The zero-order valence-electron chi connectivity index (χ0n) is 9.52. The molecular weight excluding hydrogens is 192 g/mol. The summed E-state index contributed by atoms with van der Waals surface area (Å²) >= 11 is 0. The van der Waals surface area contributed by atoms with Crippen molar-refractivity contribution in [1.82, 2.24) is 9.80 Å². The fourth-order valence-electron chi connectivity index (χ4n) is 2.77. The summed E-state index contributed by atoms with van der Waals surface area (Å²) in [6.45, 7) is 1.25. The Morgan fingerprint density at radius 1 is 1.47 bits per heavy atom. The van der Waals surface area contributed by atoms with Gasteiger partial charge in [0.15, 0.2) is 0 Å². The molecule has 1 saturated heterocycles. The molecule has 86 valence electrons. The Balaban J connectivity index is 1.97. The van der Waals surface area contributed by atoms with Crippen LogP contribution >= 0.6 is 0 Å². The molecule has 3 unspecified atom stereocenters. The highest BCUT2D eigenvalue weighted by atomic mass is 16.3. The summed E-state index contributed by atoms with van der Waals surface area (Å²) in [5, 5.41) is 9.73. The van der Waals surface area contributed by atoms with Gasteiger partial charge in [0.2, 0.25) is 5.91 Å². The molecule has 1 aliphatic heterocycles. The predicted octanol–water partition coefficient (Wildman–Crippen LogP) is -0.0802. The first-order valence-corrected chi connectivity index (χ1v) is 5.70. The monoisotopic (exact) mass is 212 g/mol. The molecule has 2 rings (SSSR count). The number of carbonyl (C=O) groups is 1. The summed E-state index contributed by atoms with van der Waals surface area (Å²) in [6, 6.07) is 0.394. The van der Waals surface area contributed by atoms with Gasteiger partial charge in [0.25, 0.3) is 0 Å². The van der Waals surface area contributed by atoms with E-state index >= 15 is 0 Å². The van der Waals surface area contributed by atoms with Gasteiger partial charge in [-0.1, -0.05) is 0 Å². The number of likely N-dealkylation sites (N-methyl/N-ethyl adjacent to an activating group) is 1. The summed E-state index contributed by atoms with van der Waals surface area (Å²) in [4.78, 5) is 15.8. The highest BCUT2D eigenvalue weighted by Crippen LogP contribution is 2.35. The van der Waals surface area contributed by atoms with Crippen LogP contribution in [0.3, 0.4) is 0 Å². The van der Waals surface area contributed by atoms with E-state index in [4.69, 9.17) is 0 Å². The molecule has 2 aliphatic rings. The topological polar surface area (TPSA) is 43.8 Å². The van der Waals surface area contributed by atoms with E-state index in [1.165, 1.54) is 0 Å². The second kappa shape index (κ2) is 4.10. The third-order valence-electron chi connectivity index (χ3n) is 3.56. The van der Waals surface area contributed by atoms with E-state index < -0.39 is 0 Å². The van der Waals surface area contributed by atoms with E-state index in [1.807, 2.05) is 23.9 Å². The molecule has 0 aromatic rings. The maximum absolute atomic E-state index is 11.9. The third kappa shape index (κ3) is 2.16. The fourth-order valence-corrected chi connectivity index (χ4v) is 2.77. The average Bonchev–Trinajstić information content (AvgIpc) is 2.50. The van der Waals surface area contributed by atoms with Crippen LogP contribution in [-0.4, -0.2) is 60.1 Å². The largest absolute Gasteiger partial charge is 0.393 e. The Kier molecular flexibility index (Phi) is 2.98. The number of rotatable bonds is 2. The van der Waals surface area contributed by atoms with Gasteiger partial charge in [-0.05, 0) is 33.4 Å². The Labute approximate surface area is 90.9 Å². The normalized spacial score (nSPS) is 34.9. The van der Waals surface area contributed by atoms with Crippen LogP contribution < -0.4 is 0 Å². The molecule has 2 bridgehead atoms. The van der Waals surface area contributed by atoms with Crippen molar-refractivity contribution in [3.63, 3.8) is 0 Å². The number of aliphatic hydroxyl groups excluding tert-OH is 1. The second-order valence-electron chi connectivity index (χ2n) is 5.08. The van der Waals surface area contributed by atoms with Gasteiger partial charge in [-0.3, -0.25) is 4.79 Å². The van der Waals surface area contributed by atoms with Crippen LogP contribution in [0.5, 0.6) is 0 Å². The number of fused-ring (bicyclic) bond motifs is 2. The maximum atomic E-state index is 11.9. The van der Waals surface area contributed by atoms with E-state index in [0.717, 1.165) is 25.8 Å². The number of hydrogen-bond acceptors (Lipinski definition) is 3. The van der Waals surface area contributed by atoms with E-state index in [-0.39, 0.29) is 12.0 Å². The smallest absolute Gasteiger partial charge is 0.236 e. The second-order valence-corrected chi connectivity index (χ2v) is 5.08. The van der Waals surface area contributed by atoms with Crippen LogP contribution in [0.2, 0.25) is 0 Å². The Hall–Kier alpha value is -0.610. The van der Waals surface area contributed by atoms with Gasteiger partial charge in [0.05, 0.1) is 12.6 Å². The number of amides is 1. The molecule has 4 heteroatoms. The lowest BCUT2D eigenvalue weighted by molar-refractivity contribution is -0.132. The Morgan fingerprint density at radius 2 is 2.20 bits per heavy atom. The van der Waals surface area contributed by atoms with Crippen LogP contribution in [0.1, 0.15) is 19.3 Å². The standard InChI is InChI=1S/C11H20N2O2/c1-12(2)7-11(15)13-6-8-5-9(13)3-4-10(8)14/h8-10,14H,3-7H2,1-2H3. The first-order chi connectivity index (χ1) is 7.08. The number of aliphatic hydroxyl groups is 1. The predicted molar refractivity (Wildman–Crippen MR) is 57.4 cm³/mol. The van der Waals surface area contributed by atoms with Crippen molar-refractivity contribution in [3.8, 4) is 0 Å². The van der Waals surface area contributed by atoms with E-state index in [2.05, 4.69) is 0 Å². The summed E-state index contributed by atoms with van der Waals surface area (Å²) in [5.74, 6) is 0.538. The van der Waals surface area contributed by atoms with E-state index in [9.17, 15) is 9.90 Å². The van der Waals surface area contributed by atoms with Crippen molar-refractivity contribution in [2.45, 2.75) is 31.4 Å². The quantitative estimate of drug-likeness (QED) is 0.696. The Morgan fingerprint density at radius 3 is 2.80 bits per heavy atom. The van der Waals surface area contributed by atoms with Crippen molar-refractivity contribution in [3.05, 3.63) is 0 Å². The fraction of sp³-hybridized carbons (Fsp3) is 0.909. The molecule has 1 N–H and O–H groups in total. The van der Waals surface area contributed by atoms with Crippen molar-refractivity contribution in [1.29, 1.82) is 0 Å². The molecule has 0 aromatic heterocycles. The molecule has 0 radical (unpaired) electrons. The molecular formula is C11H20N2O2. The summed E-state index contributed by atoms with van der Waals surface area (Å²) in [5.41, 5.74) is 0. The van der Waals surface area contributed by atoms with Gasteiger partial charge in [-0.15, -0.1) is 0 Å². The average molecular weight is 212 g/mol. The molecule has 15 heavy (non-hydrogen) atoms. The Bertz CT molecular complexity index is 255. The van der Waals surface area contributed by atoms with Crippen molar-refractivity contribution < 1.29 is 9.90 Å².